The molecule has 1 atom stereocenters. The molecule has 0 bridgehead atoms. The van der Waals surface area contributed by atoms with Crippen LogP contribution >= 0.6 is 0 Å². The highest BCUT2D eigenvalue weighted by molar-refractivity contribution is 5.83. The van der Waals surface area contributed by atoms with Gasteiger partial charge in [0.1, 0.15) is 11.9 Å². The summed E-state index contributed by atoms with van der Waals surface area (Å²) in [6.45, 7) is 6.40. The maximum atomic E-state index is 11.6. The monoisotopic (exact) mass is 238 g/mol. The zero-order valence-electron chi connectivity index (χ0n) is 10.3. The highest BCUT2D eigenvalue weighted by atomic mass is 16.2. The van der Waals surface area contributed by atoms with Gasteiger partial charge in [-0.1, -0.05) is 13.8 Å². The van der Waals surface area contributed by atoms with Crippen LogP contribution in [-0.2, 0) is 4.79 Å². The maximum Gasteiger partial charge on any atom is 0.252 e. The first kappa shape index (κ1) is 13.2. The van der Waals surface area contributed by atoms with E-state index >= 15 is 0 Å². The van der Waals surface area contributed by atoms with Crippen LogP contribution in [-0.4, -0.2) is 28.5 Å². The minimum Gasteiger partial charge on any atom is -0.358 e. The lowest BCUT2D eigenvalue weighted by atomic mass is 10.2. The second-order valence-corrected chi connectivity index (χ2v) is 4.30. The molecule has 1 amide bonds. The summed E-state index contributed by atoms with van der Waals surface area (Å²) >= 11 is 0. The molecule has 0 aliphatic rings. The fourth-order valence-corrected chi connectivity index (χ4v) is 1.19. The van der Waals surface area contributed by atoms with Gasteiger partial charge in [0.15, 0.2) is 0 Å². The number of carbonyl (C=O) groups excluding carboxylic acids is 1. The molecule has 1 aromatic rings. The van der Waals surface area contributed by atoms with Crippen LogP contribution in [0.2, 0.25) is 0 Å². The van der Waals surface area contributed by atoms with Crippen molar-refractivity contribution in [1.82, 2.24) is 15.3 Å². The molecule has 0 spiro atoms. The van der Waals surface area contributed by atoms with Crippen LogP contribution in [0, 0.1) is 5.92 Å². The van der Waals surface area contributed by atoms with Gasteiger partial charge >= 0.3 is 0 Å². The molecule has 1 heterocycles. The van der Waals surface area contributed by atoms with Crippen molar-refractivity contribution in [2.24, 2.45) is 5.92 Å². The summed E-state index contributed by atoms with van der Waals surface area (Å²) in [5.74, 6) is 0.686. The minimum absolute atomic E-state index is 0.110. The third-order valence-electron chi connectivity index (χ3n) is 2.12. The summed E-state index contributed by atoms with van der Waals surface area (Å²) in [6, 6.07) is 0.884. The van der Waals surface area contributed by atoms with E-state index in [1.165, 1.54) is 12.4 Å². The summed E-state index contributed by atoms with van der Waals surface area (Å²) in [4.78, 5) is 29.0. The van der Waals surface area contributed by atoms with E-state index in [2.05, 4.69) is 20.6 Å². The van der Waals surface area contributed by atoms with Gasteiger partial charge in [0.05, 0.1) is 6.33 Å². The number of aromatic nitrogens is 2. The first-order valence-electron chi connectivity index (χ1n) is 5.58. The van der Waals surface area contributed by atoms with Crippen molar-refractivity contribution in [2.75, 3.05) is 11.9 Å². The lowest BCUT2D eigenvalue weighted by molar-refractivity contribution is -0.121. The van der Waals surface area contributed by atoms with Crippen LogP contribution in [0.1, 0.15) is 20.8 Å². The topological polar surface area (TPSA) is 86.9 Å². The molecule has 1 rings (SSSR count). The SMILES string of the molecule is CC(C)CNC(=O)C(C)Nc1cc(=O)[nH]cn1. The lowest BCUT2D eigenvalue weighted by Gasteiger charge is -2.15. The number of amides is 1. The largest absolute Gasteiger partial charge is 0.358 e. The van der Waals surface area contributed by atoms with Gasteiger partial charge in [-0.05, 0) is 12.8 Å². The molecule has 17 heavy (non-hydrogen) atoms. The number of hydrogen-bond donors (Lipinski definition) is 3. The van der Waals surface area contributed by atoms with Crippen LogP contribution in [0.3, 0.4) is 0 Å². The molecular weight excluding hydrogens is 220 g/mol. The number of H-pyrrole nitrogens is 1. The van der Waals surface area contributed by atoms with E-state index < -0.39 is 6.04 Å². The third kappa shape index (κ3) is 4.67. The number of nitrogens with one attached hydrogen (secondary N) is 3. The third-order valence-corrected chi connectivity index (χ3v) is 2.12. The highest BCUT2D eigenvalue weighted by Gasteiger charge is 2.12. The van der Waals surface area contributed by atoms with Gasteiger partial charge in [0.2, 0.25) is 5.91 Å². The van der Waals surface area contributed by atoms with E-state index in [1.54, 1.807) is 6.92 Å². The predicted octanol–water partition coefficient (Wildman–Crippen LogP) is 0.342. The summed E-state index contributed by atoms with van der Waals surface area (Å²) in [7, 11) is 0. The number of carbonyl (C=O) groups is 1. The summed E-state index contributed by atoms with van der Waals surface area (Å²) in [5.41, 5.74) is -0.253. The van der Waals surface area contributed by atoms with E-state index in [-0.39, 0.29) is 11.5 Å². The Balaban J connectivity index is 2.51. The van der Waals surface area contributed by atoms with Gasteiger partial charge in [-0.25, -0.2) is 4.98 Å². The van der Waals surface area contributed by atoms with Crippen molar-refractivity contribution in [3.05, 3.63) is 22.7 Å². The smallest absolute Gasteiger partial charge is 0.252 e. The van der Waals surface area contributed by atoms with Crippen molar-refractivity contribution in [2.45, 2.75) is 26.8 Å². The zero-order chi connectivity index (χ0) is 12.8. The van der Waals surface area contributed by atoms with Gasteiger partial charge in [-0.15, -0.1) is 0 Å². The van der Waals surface area contributed by atoms with E-state index in [4.69, 9.17) is 0 Å². The summed E-state index contributed by atoms with van der Waals surface area (Å²) in [6.07, 6.45) is 1.30. The van der Waals surface area contributed by atoms with E-state index in [0.717, 1.165) is 0 Å². The number of hydrogen-bond acceptors (Lipinski definition) is 4. The molecule has 0 saturated carbocycles. The lowest BCUT2D eigenvalue weighted by Crippen LogP contribution is -2.39. The molecule has 0 saturated heterocycles. The molecule has 0 radical (unpaired) electrons. The molecule has 94 valence electrons. The second-order valence-electron chi connectivity index (χ2n) is 4.30. The van der Waals surface area contributed by atoms with E-state index in [0.29, 0.717) is 18.3 Å². The Kier molecular flexibility index (Phi) is 4.68. The molecule has 0 aromatic carbocycles. The molecule has 6 heteroatoms. The fourth-order valence-electron chi connectivity index (χ4n) is 1.19. The minimum atomic E-state index is -0.428. The van der Waals surface area contributed by atoms with Crippen LogP contribution in [0.4, 0.5) is 5.82 Å². The molecule has 0 fully saturated rings. The Labute approximate surface area is 99.8 Å². The van der Waals surface area contributed by atoms with E-state index in [1.807, 2.05) is 13.8 Å². The van der Waals surface area contributed by atoms with Gasteiger partial charge in [-0.2, -0.15) is 0 Å². The normalized spacial score (nSPS) is 12.2. The second kappa shape index (κ2) is 6.03. The molecular formula is C11H18N4O2. The molecule has 3 N–H and O–H groups in total. The van der Waals surface area contributed by atoms with Gasteiger partial charge in [-0.3, -0.25) is 9.59 Å². The standard InChI is InChI=1S/C11H18N4O2/c1-7(2)5-12-11(17)8(3)15-9-4-10(16)14-6-13-9/h4,6-8H,5H2,1-3H3,(H,12,17)(H2,13,14,15,16). The first-order chi connectivity index (χ1) is 7.99. The Morgan fingerprint density at radius 3 is 2.76 bits per heavy atom. The van der Waals surface area contributed by atoms with Crippen LogP contribution in [0.25, 0.3) is 0 Å². The van der Waals surface area contributed by atoms with E-state index in [9.17, 15) is 9.59 Å². The highest BCUT2D eigenvalue weighted by Crippen LogP contribution is 1.99. The van der Waals surface area contributed by atoms with Crippen LogP contribution < -0.4 is 16.2 Å². The number of nitrogens with zero attached hydrogens (tertiary/aromatic N) is 1. The van der Waals surface area contributed by atoms with Gasteiger partial charge < -0.3 is 15.6 Å². The summed E-state index contributed by atoms with van der Waals surface area (Å²) in [5, 5.41) is 5.66. The van der Waals surface area contributed by atoms with Crippen LogP contribution in [0.5, 0.6) is 0 Å². The fraction of sp³-hybridized carbons (Fsp3) is 0.545. The quantitative estimate of drug-likeness (QED) is 0.690. The average Bonchev–Trinajstić information content (AvgIpc) is 2.25. The molecule has 0 aliphatic carbocycles. The average molecular weight is 238 g/mol. The Bertz CT molecular complexity index is 427. The van der Waals surface area contributed by atoms with Crippen molar-refractivity contribution in [3.8, 4) is 0 Å². The van der Waals surface area contributed by atoms with Crippen molar-refractivity contribution >= 4 is 11.7 Å². The first-order valence-corrected chi connectivity index (χ1v) is 5.58. The zero-order valence-corrected chi connectivity index (χ0v) is 10.3. The Hall–Kier alpha value is -1.85. The van der Waals surface area contributed by atoms with Crippen molar-refractivity contribution < 1.29 is 4.79 Å². The Morgan fingerprint density at radius 1 is 1.47 bits per heavy atom. The molecule has 0 aliphatic heterocycles. The molecule has 1 aromatic heterocycles. The number of aromatic amines is 1. The number of rotatable bonds is 5. The van der Waals surface area contributed by atoms with Crippen molar-refractivity contribution in [1.29, 1.82) is 0 Å². The Morgan fingerprint density at radius 2 is 2.18 bits per heavy atom. The maximum absolute atomic E-state index is 11.6. The predicted molar refractivity (Wildman–Crippen MR) is 65.8 cm³/mol. The molecule has 1 unspecified atom stereocenters. The van der Waals surface area contributed by atoms with Crippen molar-refractivity contribution in [3.63, 3.8) is 0 Å². The van der Waals surface area contributed by atoms with Gasteiger partial charge in [0, 0.05) is 12.6 Å². The molecule has 6 nitrogen and oxygen atoms in total. The van der Waals surface area contributed by atoms with Gasteiger partial charge in [0.25, 0.3) is 5.56 Å². The van der Waals surface area contributed by atoms with Crippen LogP contribution in [0.15, 0.2) is 17.2 Å². The summed E-state index contributed by atoms with van der Waals surface area (Å²) < 4.78 is 0. The number of anilines is 1.